The van der Waals surface area contributed by atoms with Crippen LogP contribution in [0.1, 0.15) is 37.8 Å². The van der Waals surface area contributed by atoms with Crippen molar-refractivity contribution in [3.63, 3.8) is 0 Å². The topological polar surface area (TPSA) is 63.6 Å². The Morgan fingerprint density at radius 2 is 1.85 bits per heavy atom. The molecule has 1 amide bonds. The number of nitrogens with zero attached hydrogens (tertiary/aromatic N) is 3. The average Bonchev–Trinajstić information content (AvgIpc) is 2.85. The monoisotopic (exact) mass is 453 g/mol. The molecule has 2 aromatic rings. The van der Waals surface area contributed by atoms with Crippen molar-refractivity contribution in [1.29, 1.82) is 0 Å². The second kappa shape index (κ2) is 12.8. The third kappa shape index (κ3) is 7.49. The van der Waals surface area contributed by atoms with E-state index in [1.54, 1.807) is 20.2 Å². The van der Waals surface area contributed by atoms with Gasteiger partial charge in [-0.05, 0) is 37.1 Å². The maximum Gasteiger partial charge on any atom is 0.266 e. The zero-order valence-electron chi connectivity index (χ0n) is 19.9. The Morgan fingerprint density at radius 1 is 1.09 bits per heavy atom. The van der Waals surface area contributed by atoms with Crippen molar-refractivity contribution in [2.24, 2.45) is 5.16 Å². The number of carbonyl (C=O) groups excluding carboxylic acids is 1. The number of benzene rings is 2. The summed E-state index contributed by atoms with van der Waals surface area (Å²) in [7, 11) is 1.61. The lowest BCUT2D eigenvalue weighted by Gasteiger charge is -2.35. The summed E-state index contributed by atoms with van der Waals surface area (Å²) in [5.41, 5.74) is 2.10. The van der Waals surface area contributed by atoms with Gasteiger partial charge in [0, 0.05) is 38.3 Å². The van der Waals surface area contributed by atoms with E-state index < -0.39 is 6.10 Å². The fourth-order valence-electron chi connectivity index (χ4n) is 3.66. The second-order valence-corrected chi connectivity index (χ2v) is 8.18. The smallest absolute Gasteiger partial charge is 0.266 e. The lowest BCUT2D eigenvalue weighted by Crippen LogP contribution is -2.50. The number of amides is 1. The first-order valence-electron chi connectivity index (χ1n) is 11.7. The van der Waals surface area contributed by atoms with E-state index in [1.807, 2.05) is 29.2 Å². The minimum absolute atomic E-state index is 0.0382. The van der Waals surface area contributed by atoms with Gasteiger partial charge in [0.25, 0.3) is 5.91 Å². The molecular weight excluding hydrogens is 418 g/mol. The number of hydrogen-bond donors (Lipinski definition) is 0. The highest BCUT2D eigenvalue weighted by Gasteiger charge is 2.26. The molecule has 1 saturated heterocycles. The molecule has 0 N–H and O–H groups in total. The lowest BCUT2D eigenvalue weighted by molar-refractivity contribution is -0.144. The molecule has 33 heavy (non-hydrogen) atoms. The molecule has 3 rings (SSSR count). The van der Waals surface area contributed by atoms with Gasteiger partial charge in [0.2, 0.25) is 6.10 Å². The van der Waals surface area contributed by atoms with E-state index in [0.717, 1.165) is 38.0 Å². The van der Waals surface area contributed by atoms with E-state index in [9.17, 15) is 4.79 Å². The fraction of sp³-hybridized carbons (Fsp3) is 0.462. The van der Waals surface area contributed by atoms with Crippen LogP contribution in [0.3, 0.4) is 0 Å². The number of unbranched alkanes of at least 4 members (excludes halogenated alkanes) is 1. The van der Waals surface area contributed by atoms with Crippen molar-refractivity contribution in [1.82, 2.24) is 9.80 Å². The first-order valence-corrected chi connectivity index (χ1v) is 11.7. The molecule has 178 valence electrons. The normalized spacial score (nSPS) is 15.4. The zero-order chi connectivity index (χ0) is 23.5. The molecule has 1 fully saturated rings. The maximum atomic E-state index is 12.7. The van der Waals surface area contributed by atoms with Crippen molar-refractivity contribution in [3.05, 3.63) is 59.7 Å². The molecule has 0 radical (unpaired) electrons. The summed E-state index contributed by atoms with van der Waals surface area (Å²) in [5, 5.41) is 4.03. The summed E-state index contributed by atoms with van der Waals surface area (Å²) in [6, 6.07) is 16.0. The highest BCUT2D eigenvalue weighted by atomic mass is 16.6. The number of piperazine rings is 1. The van der Waals surface area contributed by atoms with E-state index in [2.05, 4.69) is 41.2 Å². The summed E-state index contributed by atoms with van der Waals surface area (Å²) in [6.45, 7) is 8.51. The number of carbonyl (C=O) groups is 1. The van der Waals surface area contributed by atoms with Gasteiger partial charge in [0.05, 0.1) is 19.9 Å². The van der Waals surface area contributed by atoms with Crippen LogP contribution < -0.4 is 9.47 Å². The molecule has 7 heteroatoms. The number of oxime groups is 1. The molecule has 0 bridgehead atoms. The van der Waals surface area contributed by atoms with Gasteiger partial charge < -0.3 is 19.2 Å². The number of methoxy groups -OCH3 is 1. The molecule has 1 aliphatic heterocycles. The third-order valence-electron chi connectivity index (χ3n) is 5.64. The molecule has 0 aliphatic carbocycles. The van der Waals surface area contributed by atoms with Crippen molar-refractivity contribution in [2.75, 3.05) is 39.9 Å². The van der Waals surface area contributed by atoms with Gasteiger partial charge in [-0.25, -0.2) is 0 Å². The molecule has 7 nitrogen and oxygen atoms in total. The Labute approximate surface area is 196 Å². The van der Waals surface area contributed by atoms with Crippen LogP contribution in [-0.4, -0.2) is 67.9 Å². The van der Waals surface area contributed by atoms with Gasteiger partial charge in [-0.15, -0.1) is 0 Å². The van der Waals surface area contributed by atoms with Crippen LogP contribution in [0.15, 0.2) is 53.7 Å². The van der Waals surface area contributed by atoms with Gasteiger partial charge in [0.1, 0.15) is 0 Å². The molecule has 1 aliphatic rings. The SMILES string of the molecule is CCCCOc1ccc(/C=N\O[C@@H](C)C(=O)N2CCN(Cc3ccccc3)CC2)cc1OC. The van der Waals surface area contributed by atoms with Crippen molar-refractivity contribution in [2.45, 2.75) is 39.3 Å². The van der Waals surface area contributed by atoms with Crippen LogP contribution in [-0.2, 0) is 16.2 Å². The van der Waals surface area contributed by atoms with Crippen molar-refractivity contribution >= 4 is 12.1 Å². The summed E-state index contributed by atoms with van der Waals surface area (Å²) < 4.78 is 11.2. The number of rotatable bonds is 11. The van der Waals surface area contributed by atoms with E-state index in [-0.39, 0.29) is 5.91 Å². The Morgan fingerprint density at radius 3 is 2.55 bits per heavy atom. The van der Waals surface area contributed by atoms with E-state index >= 15 is 0 Å². The molecule has 0 saturated carbocycles. The van der Waals surface area contributed by atoms with Gasteiger partial charge in [-0.1, -0.05) is 48.8 Å². The van der Waals surface area contributed by atoms with Crippen LogP contribution in [0, 0.1) is 0 Å². The Hall–Kier alpha value is -3.06. The number of hydrogen-bond acceptors (Lipinski definition) is 6. The van der Waals surface area contributed by atoms with Gasteiger partial charge >= 0.3 is 0 Å². The van der Waals surface area contributed by atoms with Crippen LogP contribution in [0.5, 0.6) is 11.5 Å². The molecule has 2 aromatic carbocycles. The summed E-state index contributed by atoms with van der Waals surface area (Å²) in [6.07, 6.45) is 3.01. The first-order chi connectivity index (χ1) is 16.1. The molecular formula is C26H35N3O4. The molecule has 0 unspecified atom stereocenters. The Kier molecular flexibility index (Phi) is 9.57. The summed E-state index contributed by atoms with van der Waals surface area (Å²) >= 11 is 0. The van der Waals surface area contributed by atoms with Gasteiger partial charge in [0.15, 0.2) is 11.5 Å². The summed E-state index contributed by atoms with van der Waals surface area (Å²) in [5.74, 6) is 1.32. The van der Waals surface area contributed by atoms with E-state index in [4.69, 9.17) is 14.3 Å². The Balaban J connectivity index is 1.45. The van der Waals surface area contributed by atoms with Crippen LogP contribution in [0.25, 0.3) is 0 Å². The highest BCUT2D eigenvalue weighted by molar-refractivity contribution is 5.82. The maximum absolute atomic E-state index is 12.7. The minimum atomic E-state index is -0.638. The minimum Gasteiger partial charge on any atom is -0.493 e. The fourth-order valence-corrected chi connectivity index (χ4v) is 3.66. The largest absolute Gasteiger partial charge is 0.493 e. The molecule has 0 spiro atoms. The summed E-state index contributed by atoms with van der Waals surface area (Å²) in [4.78, 5) is 22.4. The predicted molar refractivity (Wildman–Crippen MR) is 130 cm³/mol. The quantitative estimate of drug-likeness (QED) is 0.293. The predicted octanol–water partition coefficient (Wildman–Crippen LogP) is 3.96. The van der Waals surface area contributed by atoms with Crippen LogP contribution in [0.4, 0.5) is 0 Å². The van der Waals surface area contributed by atoms with Gasteiger partial charge in [-0.3, -0.25) is 9.69 Å². The second-order valence-electron chi connectivity index (χ2n) is 8.18. The van der Waals surface area contributed by atoms with E-state index in [1.165, 1.54) is 5.56 Å². The average molecular weight is 454 g/mol. The third-order valence-corrected chi connectivity index (χ3v) is 5.64. The number of ether oxygens (including phenoxy) is 2. The zero-order valence-corrected chi connectivity index (χ0v) is 19.9. The Bertz CT molecular complexity index is 896. The van der Waals surface area contributed by atoms with Crippen molar-refractivity contribution < 1.29 is 19.1 Å². The van der Waals surface area contributed by atoms with Gasteiger partial charge in [-0.2, -0.15) is 0 Å². The van der Waals surface area contributed by atoms with Crippen LogP contribution in [0.2, 0.25) is 0 Å². The first kappa shape index (κ1) is 24.6. The lowest BCUT2D eigenvalue weighted by atomic mass is 10.2. The molecule has 1 atom stereocenters. The van der Waals surface area contributed by atoms with E-state index in [0.29, 0.717) is 31.2 Å². The standard InChI is InChI=1S/C26H35N3O4/c1-4-5-17-32-24-12-11-23(18-25(24)31-3)19-27-33-21(2)26(30)29-15-13-28(14-16-29)20-22-9-7-6-8-10-22/h6-12,18-19,21H,4-5,13-17,20H2,1-3H3/b27-19-/t21-/m0/s1. The van der Waals surface area contributed by atoms with Crippen LogP contribution >= 0.6 is 0 Å². The highest BCUT2D eigenvalue weighted by Crippen LogP contribution is 2.27. The molecule has 1 heterocycles. The van der Waals surface area contributed by atoms with Crippen molar-refractivity contribution in [3.8, 4) is 11.5 Å². The molecule has 0 aromatic heterocycles.